The van der Waals surface area contributed by atoms with Crippen molar-refractivity contribution in [3.05, 3.63) is 39.8 Å². The lowest BCUT2D eigenvalue weighted by atomic mass is 9.97. The van der Waals surface area contributed by atoms with Crippen LogP contribution in [0.15, 0.2) is 28.4 Å². The first-order valence-electron chi connectivity index (χ1n) is 12.6. The molecule has 1 aromatic carbocycles. The number of nitrogens with zero attached hydrogens (tertiary/aromatic N) is 5. The Labute approximate surface area is 220 Å². The average molecular weight is 510 g/mol. The van der Waals surface area contributed by atoms with Crippen LogP contribution in [0.2, 0.25) is 0 Å². The number of thiophene rings is 1. The molecule has 8 heteroatoms. The van der Waals surface area contributed by atoms with Gasteiger partial charge in [0.2, 0.25) is 0 Å². The molecule has 0 aliphatic heterocycles. The number of aryl methyl sites for hydroxylation is 1. The summed E-state index contributed by atoms with van der Waals surface area (Å²) in [6, 6.07) is 10.3. The molecule has 0 amide bonds. The average Bonchev–Trinajstić information content (AvgIpc) is 3.17. The first kappa shape index (κ1) is 29.5. The summed E-state index contributed by atoms with van der Waals surface area (Å²) in [5, 5.41) is 38.1. The first-order chi connectivity index (χ1) is 17.0. The van der Waals surface area contributed by atoms with Crippen LogP contribution in [-0.2, 0) is 4.74 Å². The molecule has 2 aromatic rings. The van der Waals surface area contributed by atoms with Crippen LogP contribution in [0.25, 0.3) is 0 Å². The largest absolute Gasteiger partial charge is 0.390 e. The Bertz CT molecular complexity index is 1140. The van der Waals surface area contributed by atoms with Gasteiger partial charge in [0, 0.05) is 18.8 Å². The van der Waals surface area contributed by atoms with Gasteiger partial charge in [-0.05, 0) is 89.6 Å². The van der Waals surface area contributed by atoms with Crippen molar-refractivity contribution in [2.45, 2.75) is 85.4 Å². The second-order valence-corrected chi connectivity index (χ2v) is 10.7. The highest BCUT2D eigenvalue weighted by atomic mass is 32.1. The lowest BCUT2D eigenvalue weighted by Gasteiger charge is -2.34. The molecule has 0 spiro atoms. The zero-order chi connectivity index (χ0) is 26.9. The maximum absolute atomic E-state index is 10.3. The molecule has 2 atom stereocenters. The van der Waals surface area contributed by atoms with E-state index in [4.69, 9.17) is 4.74 Å². The molecule has 1 heterocycles. The number of rotatable bonds is 13. The fraction of sp³-hybridized carbons (Fsp3) is 0.571. The van der Waals surface area contributed by atoms with E-state index in [2.05, 4.69) is 54.1 Å². The molecule has 194 valence electrons. The number of azo groups is 1. The minimum atomic E-state index is -0.683. The normalized spacial score (nSPS) is 14.7. The fourth-order valence-corrected chi connectivity index (χ4v) is 4.62. The Hall–Kier alpha value is -2.78. The molecule has 36 heavy (non-hydrogen) atoms. The van der Waals surface area contributed by atoms with E-state index >= 15 is 0 Å². The summed E-state index contributed by atoms with van der Waals surface area (Å²) in [7, 11) is 0. The van der Waals surface area contributed by atoms with E-state index in [0.717, 1.165) is 42.9 Å². The molecular weight excluding hydrogens is 470 g/mol. The number of hydrogen-bond acceptors (Lipinski definition) is 8. The zero-order valence-electron chi connectivity index (χ0n) is 22.7. The second-order valence-electron chi connectivity index (χ2n) is 9.71. The molecule has 0 aliphatic rings. The maximum atomic E-state index is 10.3. The van der Waals surface area contributed by atoms with Crippen molar-refractivity contribution in [1.82, 2.24) is 0 Å². The smallest absolute Gasteiger partial charge is 0.158 e. The molecule has 0 bridgehead atoms. The molecule has 0 fully saturated rings. The van der Waals surface area contributed by atoms with Crippen molar-refractivity contribution in [2.75, 3.05) is 24.6 Å². The molecule has 2 rings (SSSR count). The number of nitriles is 2. The monoisotopic (exact) mass is 509 g/mol. The van der Waals surface area contributed by atoms with Crippen molar-refractivity contribution < 1.29 is 9.84 Å². The Kier molecular flexibility index (Phi) is 10.6. The summed E-state index contributed by atoms with van der Waals surface area (Å²) >= 11 is 1.19. The van der Waals surface area contributed by atoms with E-state index in [9.17, 15) is 15.6 Å². The summed E-state index contributed by atoms with van der Waals surface area (Å²) in [4.78, 5) is 2.81. The zero-order valence-corrected chi connectivity index (χ0v) is 23.5. The fourth-order valence-electron chi connectivity index (χ4n) is 3.74. The highest BCUT2D eigenvalue weighted by molar-refractivity contribution is 7.16. The molecule has 0 aliphatic carbocycles. The highest BCUT2D eigenvalue weighted by Crippen LogP contribution is 2.36. The van der Waals surface area contributed by atoms with Crippen LogP contribution < -0.4 is 4.90 Å². The van der Waals surface area contributed by atoms with E-state index in [-0.39, 0.29) is 5.60 Å². The van der Waals surface area contributed by atoms with E-state index in [1.807, 2.05) is 32.9 Å². The molecule has 0 saturated carbocycles. The minimum Gasteiger partial charge on any atom is -0.390 e. The van der Waals surface area contributed by atoms with Crippen molar-refractivity contribution >= 4 is 27.7 Å². The molecule has 1 N–H and O–H groups in total. The van der Waals surface area contributed by atoms with Crippen molar-refractivity contribution in [2.24, 2.45) is 10.2 Å². The summed E-state index contributed by atoms with van der Waals surface area (Å²) in [6.07, 6.45) is 3.12. The summed E-state index contributed by atoms with van der Waals surface area (Å²) in [5.41, 5.74) is 2.95. The maximum Gasteiger partial charge on any atom is 0.158 e. The molecule has 0 radical (unpaired) electrons. The number of hydrogen-bond donors (Lipinski definition) is 1. The second kappa shape index (κ2) is 13.0. The van der Waals surface area contributed by atoms with E-state index in [1.165, 1.54) is 11.3 Å². The Morgan fingerprint density at radius 2 is 1.78 bits per heavy atom. The Morgan fingerprint density at radius 1 is 1.06 bits per heavy atom. The predicted octanol–water partition coefficient (Wildman–Crippen LogP) is 7.48. The van der Waals surface area contributed by atoms with Gasteiger partial charge in [-0.15, -0.1) is 21.6 Å². The lowest BCUT2D eigenvalue weighted by molar-refractivity contribution is -0.0659. The van der Waals surface area contributed by atoms with Gasteiger partial charge in [-0.3, -0.25) is 0 Å². The molecular formula is C28H39N5O2S. The van der Waals surface area contributed by atoms with Gasteiger partial charge in [0.25, 0.3) is 0 Å². The van der Waals surface area contributed by atoms with Gasteiger partial charge in [0.15, 0.2) is 5.00 Å². The standard InChI is InChI=1S/C28H39N5O2S/c1-8-27(6,34)14-16-35-28(7,9-2)13-15-33(10-3)22-11-12-24(20(4)17-22)31-32-26-23(18-29)21(5)25(19-30)36-26/h11-12,17,34H,8-10,13-16H2,1-7H3. The van der Waals surface area contributed by atoms with Crippen LogP contribution in [-0.4, -0.2) is 36.0 Å². The quantitative estimate of drug-likeness (QED) is 0.282. The van der Waals surface area contributed by atoms with Gasteiger partial charge in [0.05, 0.1) is 29.1 Å². The summed E-state index contributed by atoms with van der Waals surface area (Å²) in [5.74, 6) is 0. The third kappa shape index (κ3) is 7.61. The number of ether oxygens (including phenoxy) is 1. The van der Waals surface area contributed by atoms with Crippen LogP contribution in [0.1, 0.15) is 81.9 Å². The van der Waals surface area contributed by atoms with Crippen LogP contribution in [0.4, 0.5) is 16.4 Å². The minimum absolute atomic E-state index is 0.250. The third-order valence-electron chi connectivity index (χ3n) is 7.03. The number of benzene rings is 1. The van der Waals surface area contributed by atoms with Crippen LogP contribution in [0.5, 0.6) is 0 Å². The van der Waals surface area contributed by atoms with Gasteiger partial charge in [-0.2, -0.15) is 10.5 Å². The molecule has 2 unspecified atom stereocenters. The third-order valence-corrected chi connectivity index (χ3v) is 8.11. The SMILES string of the molecule is CCN(CCC(C)(CC)OCCC(C)(O)CC)c1ccc(N=Nc2sc(C#N)c(C)c2C#N)c(C)c1. The predicted molar refractivity (Wildman–Crippen MR) is 147 cm³/mol. The van der Waals surface area contributed by atoms with E-state index in [1.54, 1.807) is 6.92 Å². The van der Waals surface area contributed by atoms with Gasteiger partial charge in [-0.25, -0.2) is 0 Å². The van der Waals surface area contributed by atoms with Crippen LogP contribution in [0, 0.1) is 36.5 Å². The van der Waals surface area contributed by atoms with Crippen LogP contribution >= 0.6 is 11.3 Å². The molecule has 7 nitrogen and oxygen atoms in total. The van der Waals surface area contributed by atoms with Crippen molar-refractivity contribution in [3.63, 3.8) is 0 Å². The first-order valence-corrected chi connectivity index (χ1v) is 13.4. The van der Waals surface area contributed by atoms with Crippen molar-refractivity contribution in [3.8, 4) is 12.1 Å². The Balaban J connectivity index is 2.10. The molecule has 0 saturated heterocycles. The molecule has 1 aromatic heterocycles. The van der Waals surface area contributed by atoms with Crippen LogP contribution in [0.3, 0.4) is 0 Å². The number of anilines is 1. The number of aliphatic hydroxyl groups is 1. The Morgan fingerprint density at radius 3 is 2.33 bits per heavy atom. The highest BCUT2D eigenvalue weighted by Gasteiger charge is 2.26. The van der Waals surface area contributed by atoms with E-state index < -0.39 is 5.60 Å². The van der Waals surface area contributed by atoms with Gasteiger partial charge in [0.1, 0.15) is 17.0 Å². The van der Waals surface area contributed by atoms with Gasteiger partial charge >= 0.3 is 0 Å². The summed E-state index contributed by atoms with van der Waals surface area (Å²) in [6.45, 7) is 16.3. The van der Waals surface area contributed by atoms with Gasteiger partial charge in [-0.1, -0.05) is 13.8 Å². The van der Waals surface area contributed by atoms with Gasteiger partial charge < -0.3 is 14.7 Å². The lowest BCUT2D eigenvalue weighted by Crippen LogP contribution is -2.36. The van der Waals surface area contributed by atoms with Crippen molar-refractivity contribution in [1.29, 1.82) is 10.5 Å². The topological polar surface area (TPSA) is 105 Å². The van der Waals surface area contributed by atoms with E-state index in [0.29, 0.717) is 40.5 Å². The summed E-state index contributed by atoms with van der Waals surface area (Å²) < 4.78 is 6.25.